The number of rotatable bonds is 5. The largest absolute Gasteiger partial charge is 0.430 e. The third-order valence-electron chi connectivity index (χ3n) is 3.81. The standard InChI is InChI=1S/C15H11F7N2O4/c16-8-5-7(13(28,14(17,18)19)15(20,21)22)1-2-9(8)23-10-6-11(26)24(3-4-25)12(10)27/h1-2,5-6,23,25,28H,3-4H2. The molecule has 0 bridgehead atoms. The van der Waals surface area contributed by atoms with Gasteiger partial charge in [0.05, 0.1) is 18.8 Å². The predicted molar refractivity (Wildman–Crippen MR) is 77.9 cm³/mol. The Kier molecular flexibility index (Phi) is 5.45. The van der Waals surface area contributed by atoms with Gasteiger partial charge in [0.25, 0.3) is 17.4 Å². The van der Waals surface area contributed by atoms with Crippen LogP contribution in [0.5, 0.6) is 0 Å². The Labute approximate surface area is 151 Å². The van der Waals surface area contributed by atoms with Crippen molar-refractivity contribution >= 4 is 17.5 Å². The molecule has 0 aromatic heterocycles. The van der Waals surface area contributed by atoms with E-state index in [2.05, 4.69) is 5.32 Å². The molecule has 0 aliphatic carbocycles. The molecule has 0 unspecified atom stereocenters. The zero-order valence-corrected chi connectivity index (χ0v) is 13.5. The molecule has 1 aliphatic rings. The minimum atomic E-state index is -6.19. The average Bonchev–Trinajstić information content (AvgIpc) is 2.81. The van der Waals surface area contributed by atoms with Crippen LogP contribution in [-0.4, -0.2) is 52.4 Å². The first-order valence-corrected chi connectivity index (χ1v) is 7.35. The number of nitrogens with one attached hydrogen (secondary N) is 1. The number of amides is 2. The lowest BCUT2D eigenvalue weighted by atomic mass is 9.92. The molecular formula is C15H11F7N2O4. The maximum absolute atomic E-state index is 14.1. The van der Waals surface area contributed by atoms with E-state index in [1.165, 1.54) is 0 Å². The molecule has 0 saturated heterocycles. The first-order valence-electron chi connectivity index (χ1n) is 7.35. The number of imide groups is 1. The summed E-state index contributed by atoms with van der Waals surface area (Å²) in [6.07, 6.45) is -11.7. The van der Waals surface area contributed by atoms with E-state index in [1.54, 1.807) is 0 Å². The monoisotopic (exact) mass is 416 g/mol. The first-order chi connectivity index (χ1) is 12.7. The molecular weight excluding hydrogens is 405 g/mol. The van der Waals surface area contributed by atoms with Crippen LogP contribution < -0.4 is 5.32 Å². The smallest absolute Gasteiger partial charge is 0.395 e. The predicted octanol–water partition coefficient (Wildman–Crippen LogP) is 1.79. The van der Waals surface area contributed by atoms with E-state index < -0.39 is 59.1 Å². The van der Waals surface area contributed by atoms with Gasteiger partial charge in [0.15, 0.2) is 0 Å². The van der Waals surface area contributed by atoms with Gasteiger partial charge in [-0.25, -0.2) is 4.39 Å². The molecule has 1 aromatic carbocycles. The molecule has 0 fully saturated rings. The van der Waals surface area contributed by atoms with E-state index in [4.69, 9.17) is 5.11 Å². The molecule has 13 heteroatoms. The Bertz CT molecular complexity index is 819. The highest BCUT2D eigenvalue weighted by Gasteiger charge is 2.71. The van der Waals surface area contributed by atoms with Gasteiger partial charge in [0.2, 0.25) is 0 Å². The van der Waals surface area contributed by atoms with Crippen molar-refractivity contribution in [1.82, 2.24) is 4.90 Å². The minimum Gasteiger partial charge on any atom is -0.395 e. The number of benzene rings is 1. The Morgan fingerprint density at radius 2 is 1.61 bits per heavy atom. The third-order valence-corrected chi connectivity index (χ3v) is 3.81. The number of aliphatic hydroxyl groups is 2. The van der Waals surface area contributed by atoms with Gasteiger partial charge in [-0.1, -0.05) is 6.07 Å². The van der Waals surface area contributed by atoms with Crippen LogP contribution in [-0.2, 0) is 15.2 Å². The summed E-state index contributed by atoms with van der Waals surface area (Å²) in [5, 5.41) is 20.1. The zero-order chi connectivity index (χ0) is 21.5. The number of halogens is 7. The fourth-order valence-electron chi connectivity index (χ4n) is 2.38. The lowest BCUT2D eigenvalue weighted by Gasteiger charge is -2.32. The summed E-state index contributed by atoms with van der Waals surface area (Å²) >= 11 is 0. The number of hydrogen-bond acceptors (Lipinski definition) is 5. The summed E-state index contributed by atoms with van der Waals surface area (Å²) in [4.78, 5) is 24.1. The van der Waals surface area contributed by atoms with Crippen LogP contribution in [0.2, 0.25) is 0 Å². The Hall–Kier alpha value is -2.67. The van der Waals surface area contributed by atoms with Crippen LogP contribution in [0.25, 0.3) is 0 Å². The number of carbonyl (C=O) groups is 2. The molecule has 3 N–H and O–H groups in total. The topological polar surface area (TPSA) is 89.9 Å². The van der Waals surface area contributed by atoms with Crippen LogP contribution in [0.1, 0.15) is 5.56 Å². The lowest BCUT2D eigenvalue weighted by molar-refractivity contribution is -0.376. The van der Waals surface area contributed by atoms with Crippen molar-refractivity contribution in [3.8, 4) is 0 Å². The Morgan fingerprint density at radius 1 is 1.04 bits per heavy atom. The van der Waals surface area contributed by atoms with Gasteiger partial charge < -0.3 is 15.5 Å². The second-order valence-corrected chi connectivity index (χ2v) is 5.60. The fourth-order valence-corrected chi connectivity index (χ4v) is 2.38. The van der Waals surface area contributed by atoms with Crippen molar-refractivity contribution < 1.29 is 50.5 Å². The maximum atomic E-state index is 14.1. The van der Waals surface area contributed by atoms with E-state index in [9.17, 15) is 45.4 Å². The molecule has 0 spiro atoms. The number of β-amino-alcohol motifs (C(OH)–C–C–N with tert-alkyl or cyclic N) is 1. The summed E-state index contributed by atoms with van der Waals surface area (Å²) in [6.45, 7) is -0.930. The third kappa shape index (κ3) is 3.54. The van der Waals surface area contributed by atoms with Crippen molar-refractivity contribution in [1.29, 1.82) is 0 Å². The molecule has 0 radical (unpaired) electrons. The zero-order valence-electron chi connectivity index (χ0n) is 13.5. The van der Waals surface area contributed by atoms with Crippen LogP contribution in [0.4, 0.5) is 36.4 Å². The molecule has 28 heavy (non-hydrogen) atoms. The van der Waals surface area contributed by atoms with Gasteiger partial charge in [0, 0.05) is 11.6 Å². The summed E-state index contributed by atoms with van der Waals surface area (Å²) in [5.41, 5.74) is -8.35. The molecule has 1 heterocycles. The molecule has 1 aliphatic heterocycles. The maximum Gasteiger partial charge on any atom is 0.430 e. The molecule has 1 aromatic rings. The fraction of sp³-hybridized carbons (Fsp3) is 0.333. The molecule has 2 amide bonds. The number of aliphatic hydroxyl groups excluding tert-OH is 1. The Balaban J connectivity index is 2.37. The van der Waals surface area contributed by atoms with Crippen molar-refractivity contribution in [2.45, 2.75) is 18.0 Å². The molecule has 154 valence electrons. The van der Waals surface area contributed by atoms with E-state index in [1.807, 2.05) is 0 Å². The molecule has 0 atom stereocenters. The number of hydrogen-bond donors (Lipinski definition) is 3. The van der Waals surface area contributed by atoms with Gasteiger partial charge >= 0.3 is 12.4 Å². The first kappa shape index (κ1) is 21.6. The van der Waals surface area contributed by atoms with Crippen molar-refractivity contribution in [2.75, 3.05) is 18.5 Å². The summed E-state index contributed by atoms with van der Waals surface area (Å²) < 4.78 is 91.1. The highest BCUT2D eigenvalue weighted by Crippen LogP contribution is 2.50. The van der Waals surface area contributed by atoms with Gasteiger partial charge in [-0.3, -0.25) is 14.5 Å². The average molecular weight is 416 g/mol. The van der Waals surface area contributed by atoms with Crippen molar-refractivity contribution in [3.63, 3.8) is 0 Å². The lowest BCUT2D eigenvalue weighted by Crippen LogP contribution is -2.53. The number of nitrogens with zero attached hydrogens (tertiary/aromatic N) is 1. The number of alkyl halides is 6. The Morgan fingerprint density at radius 3 is 2.07 bits per heavy atom. The second-order valence-electron chi connectivity index (χ2n) is 5.60. The second kappa shape index (κ2) is 7.05. The summed E-state index contributed by atoms with van der Waals surface area (Å²) in [7, 11) is 0. The van der Waals surface area contributed by atoms with E-state index >= 15 is 0 Å². The van der Waals surface area contributed by atoms with Crippen molar-refractivity contribution in [3.05, 3.63) is 41.4 Å². The molecule has 2 rings (SSSR count). The molecule has 0 saturated carbocycles. The normalized spacial score (nSPS) is 15.9. The van der Waals surface area contributed by atoms with E-state index in [-0.39, 0.29) is 18.7 Å². The van der Waals surface area contributed by atoms with Crippen molar-refractivity contribution in [2.24, 2.45) is 0 Å². The van der Waals surface area contributed by atoms with Gasteiger partial charge in [0.1, 0.15) is 11.5 Å². The highest BCUT2D eigenvalue weighted by molar-refractivity contribution is 6.17. The number of carbonyl (C=O) groups excluding carboxylic acids is 2. The minimum absolute atomic E-state index is 0.180. The van der Waals surface area contributed by atoms with E-state index in [0.717, 1.165) is 0 Å². The van der Waals surface area contributed by atoms with Gasteiger partial charge in [-0.05, 0) is 12.1 Å². The van der Waals surface area contributed by atoms with Crippen LogP contribution >= 0.6 is 0 Å². The SMILES string of the molecule is O=C1C=C(Nc2ccc(C(O)(C(F)(F)F)C(F)(F)F)cc2F)C(=O)N1CCO. The van der Waals surface area contributed by atoms with Crippen LogP contribution in [0, 0.1) is 5.82 Å². The summed E-state index contributed by atoms with van der Waals surface area (Å²) in [6, 6.07) is 0.441. The van der Waals surface area contributed by atoms with Gasteiger partial charge in [-0.15, -0.1) is 0 Å². The summed E-state index contributed by atoms with van der Waals surface area (Å²) in [5.74, 6) is -3.49. The molecule has 6 nitrogen and oxygen atoms in total. The number of anilines is 1. The van der Waals surface area contributed by atoms with Gasteiger partial charge in [-0.2, -0.15) is 26.3 Å². The van der Waals surface area contributed by atoms with E-state index in [0.29, 0.717) is 17.0 Å². The highest BCUT2D eigenvalue weighted by atomic mass is 19.4. The van der Waals surface area contributed by atoms with Crippen LogP contribution in [0.15, 0.2) is 30.0 Å². The quantitative estimate of drug-likeness (QED) is 0.503. The van der Waals surface area contributed by atoms with Crippen LogP contribution in [0.3, 0.4) is 0 Å².